The minimum absolute atomic E-state index is 0.0690. The third-order valence-electron chi connectivity index (χ3n) is 3.83. The number of fused-ring (bicyclic) bond motifs is 1. The van der Waals surface area contributed by atoms with E-state index < -0.39 is 0 Å². The number of aromatic amines is 1. The summed E-state index contributed by atoms with van der Waals surface area (Å²) in [5.41, 5.74) is 3.85. The number of hydrogen-bond donors (Lipinski definition) is 2. The molecule has 0 saturated carbocycles. The second-order valence-electron chi connectivity index (χ2n) is 5.13. The van der Waals surface area contributed by atoms with Gasteiger partial charge in [-0.25, -0.2) is 0 Å². The number of benzene rings is 1. The fourth-order valence-electron chi connectivity index (χ4n) is 2.47. The first-order valence-corrected chi connectivity index (χ1v) is 6.98. The molecule has 2 heterocycles. The molecule has 0 aliphatic carbocycles. The minimum Gasteiger partial charge on any atom is -0.361 e. The summed E-state index contributed by atoms with van der Waals surface area (Å²) in [5, 5.41) is 8.25. The smallest absolute Gasteiger partial charge is 0.254 e. The molecule has 0 unspecified atom stereocenters. The number of amides is 1. The second-order valence-corrected chi connectivity index (χ2v) is 5.13. The highest BCUT2D eigenvalue weighted by atomic mass is 16.1. The van der Waals surface area contributed by atoms with Gasteiger partial charge in [-0.05, 0) is 25.0 Å². The van der Waals surface area contributed by atoms with Gasteiger partial charge in [-0.2, -0.15) is 5.10 Å². The third kappa shape index (κ3) is 2.54. The van der Waals surface area contributed by atoms with E-state index in [-0.39, 0.29) is 5.91 Å². The van der Waals surface area contributed by atoms with Crippen molar-refractivity contribution in [1.82, 2.24) is 20.1 Å². The first-order chi connectivity index (χ1) is 10.2. The van der Waals surface area contributed by atoms with Gasteiger partial charge in [0.15, 0.2) is 0 Å². The number of aromatic nitrogens is 3. The van der Waals surface area contributed by atoms with Crippen molar-refractivity contribution in [3.63, 3.8) is 0 Å². The number of carbonyl (C=O) groups is 1. The van der Waals surface area contributed by atoms with E-state index in [2.05, 4.69) is 27.5 Å². The number of H-pyrrole nitrogens is 1. The molecule has 5 nitrogen and oxygen atoms in total. The van der Waals surface area contributed by atoms with Gasteiger partial charge in [-0.1, -0.05) is 18.2 Å². The molecule has 0 aliphatic heterocycles. The van der Waals surface area contributed by atoms with Crippen molar-refractivity contribution >= 4 is 16.8 Å². The molecule has 0 aliphatic rings. The second kappa shape index (κ2) is 5.44. The van der Waals surface area contributed by atoms with Crippen LogP contribution >= 0.6 is 0 Å². The van der Waals surface area contributed by atoms with E-state index in [1.54, 1.807) is 10.9 Å². The standard InChI is InChI=1S/C16H18N4O/c1-11-14(10-19-20(11)2)16(21)17-8-7-12-9-18-15-6-4-3-5-13(12)15/h3-6,9-10,18H,7-8H2,1-2H3,(H,17,21). The van der Waals surface area contributed by atoms with E-state index in [1.165, 1.54) is 10.9 Å². The van der Waals surface area contributed by atoms with Gasteiger partial charge in [0.1, 0.15) is 0 Å². The molecule has 1 aromatic carbocycles. The molecule has 3 rings (SSSR count). The number of aryl methyl sites for hydroxylation is 1. The molecular formula is C16H18N4O. The summed E-state index contributed by atoms with van der Waals surface area (Å²) in [6.45, 7) is 2.50. The molecule has 2 N–H and O–H groups in total. The number of hydrogen-bond acceptors (Lipinski definition) is 2. The molecule has 2 aromatic heterocycles. The fraction of sp³-hybridized carbons (Fsp3) is 0.250. The van der Waals surface area contributed by atoms with Crippen LogP contribution in [-0.2, 0) is 13.5 Å². The van der Waals surface area contributed by atoms with Gasteiger partial charge in [-0.3, -0.25) is 9.48 Å². The van der Waals surface area contributed by atoms with Gasteiger partial charge in [0, 0.05) is 36.4 Å². The monoisotopic (exact) mass is 282 g/mol. The summed E-state index contributed by atoms with van der Waals surface area (Å²) in [6.07, 6.45) is 4.41. The Morgan fingerprint density at radius 1 is 1.38 bits per heavy atom. The maximum Gasteiger partial charge on any atom is 0.254 e. The maximum atomic E-state index is 12.1. The lowest BCUT2D eigenvalue weighted by Crippen LogP contribution is -2.26. The Labute approximate surface area is 123 Å². The molecule has 5 heteroatoms. The Morgan fingerprint density at radius 2 is 2.19 bits per heavy atom. The number of nitrogens with zero attached hydrogens (tertiary/aromatic N) is 2. The van der Waals surface area contributed by atoms with Crippen molar-refractivity contribution in [2.75, 3.05) is 6.54 Å². The van der Waals surface area contributed by atoms with E-state index in [4.69, 9.17) is 0 Å². The van der Waals surface area contributed by atoms with Crippen molar-refractivity contribution in [2.45, 2.75) is 13.3 Å². The highest BCUT2D eigenvalue weighted by Gasteiger charge is 2.12. The van der Waals surface area contributed by atoms with Crippen molar-refractivity contribution in [3.8, 4) is 0 Å². The minimum atomic E-state index is -0.0690. The number of nitrogens with one attached hydrogen (secondary N) is 2. The van der Waals surface area contributed by atoms with Crippen LogP contribution in [0.15, 0.2) is 36.7 Å². The molecule has 108 valence electrons. The van der Waals surface area contributed by atoms with E-state index in [0.29, 0.717) is 12.1 Å². The fourth-order valence-corrected chi connectivity index (χ4v) is 2.47. The normalized spacial score (nSPS) is 11.0. The van der Waals surface area contributed by atoms with Gasteiger partial charge in [-0.15, -0.1) is 0 Å². The summed E-state index contributed by atoms with van der Waals surface area (Å²) < 4.78 is 1.70. The summed E-state index contributed by atoms with van der Waals surface area (Å²) in [5.74, 6) is -0.0690. The van der Waals surface area contributed by atoms with Crippen LogP contribution < -0.4 is 5.32 Å². The van der Waals surface area contributed by atoms with Crippen LogP contribution in [0.1, 0.15) is 21.6 Å². The van der Waals surface area contributed by atoms with Crippen molar-refractivity contribution < 1.29 is 4.79 Å². The Kier molecular flexibility index (Phi) is 3.48. The lowest BCUT2D eigenvalue weighted by molar-refractivity contribution is 0.0953. The Morgan fingerprint density at radius 3 is 2.95 bits per heavy atom. The first-order valence-electron chi connectivity index (χ1n) is 6.98. The van der Waals surface area contributed by atoms with Gasteiger partial charge in [0.2, 0.25) is 0 Å². The molecule has 0 atom stereocenters. The van der Waals surface area contributed by atoms with Crippen LogP contribution in [0.3, 0.4) is 0 Å². The zero-order chi connectivity index (χ0) is 14.8. The predicted molar refractivity (Wildman–Crippen MR) is 82.3 cm³/mol. The molecule has 1 amide bonds. The van der Waals surface area contributed by atoms with Gasteiger partial charge in [0.25, 0.3) is 5.91 Å². The van der Waals surface area contributed by atoms with Gasteiger partial charge in [0.05, 0.1) is 11.8 Å². The molecule has 21 heavy (non-hydrogen) atoms. The lowest BCUT2D eigenvalue weighted by Gasteiger charge is -2.04. The highest BCUT2D eigenvalue weighted by molar-refractivity contribution is 5.95. The van der Waals surface area contributed by atoms with Crippen molar-refractivity contribution in [2.24, 2.45) is 7.05 Å². The largest absolute Gasteiger partial charge is 0.361 e. The van der Waals surface area contributed by atoms with E-state index in [0.717, 1.165) is 17.6 Å². The predicted octanol–water partition coefficient (Wildman–Crippen LogP) is 2.18. The maximum absolute atomic E-state index is 12.1. The van der Waals surface area contributed by atoms with E-state index in [1.807, 2.05) is 32.3 Å². The lowest BCUT2D eigenvalue weighted by atomic mass is 10.1. The van der Waals surface area contributed by atoms with Crippen LogP contribution in [-0.4, -0.2) is 27.2 Å². The summed E-state index contributed by atoms with van der Waals surface area (Å²) in [6, 6.07) is 8.18. The molecule has 0 spiro atoms. The average molecular weight is 282 g/mol. The first kappa shape index (κ1) is 13.4. The zero-order valence-corrected chi connectivity index (χ0v) is 12.2. The third-order valence-corrected chi connectivity index (χ3v) is 3.83. The molecule has 0 fully saturated rings. The SMILES string of the molecule is Cc1c(C(=O)NCCc2c[nH]c3ccccc23)cnn1C. The highest BCUT2D eigenvalue weighted by Crippen LogP contribution is 2.17. The average Bonchev–Trinajstić information content (AvgIpc) is 3.04. The number of rotatable bonds is 4. The van der Waals surface area contributed by atoms with E-state index in [9.17, 15) is 4.79 Å². The summed E-state index contributed by atoms with van der Waals surface area (Å²) in [4.78, 5) is 15.3. The Bertz CT molecular complexity index is 785. The van der Waals surface area contributed by atoms with Crippen molar-refractivity contribution in [3.05, 3.63) is 53.5 Å². The summed E-state index contributed by atoms with van der Waals surface area (Å²) >= 11 is 0. The van der Waals surface area contributed by atoms with Crippen LogP contribution in [0.4, 0.5) is 0 Å². The quantitative estimate of drug-likeness (QED) is 0.770. The van der Waals surface area contributed by atoms with Crippen LogP contribution in [0.5, 0.6) is 0 Å². The summed E-state index contributed by atoms with van der Waals surface area (Å²) in [7, 11) is 1.83. The number of carbonyl (C=O) groups excluding carboxylic acids is 1. The van der Waals surface area contributed by atoms with Crippen LogP contribution in [0.25, 0.3) is 10.9 Å². The number of para-hydroxylation sites is 1. The molecule has 0 saturated heterocycles. The van der Waals surface area contributed by atoms with Gasteiger partial charge < -0.3 is 10.3 Å². The zero-order valence-electron chi connectivity index (χ0n) is 12.2. The van der Waals surface area contributed by atoms with Crippen molar-refractivity contribution in [1.29, 1.82) is 0 Å². The van der Waals surface area contributed by atoms with Crippen LogP contribution in [0.2, 0.25) is 0 Å². The van der Waals surface area contributed by atoms with Crippen LogP contribution in [0, 0.1) is 6.92 Å². The molecule has 0 radical (unpaired) electrons. The molecule has 3 aromatic rings. The Hall–Kier alpha value is -2.56. The van der Waals surface area contributed by atoms with E-state index >= 15 is 0 Å². The van der Waals surface area contributed by atoms with Gasteiger partial charge >= 0.3 is 0 Å². The Balaban J connectivity index is 1.64. The molecule has 0 bridgehead atoms. The molecular weight excluding hydrogens is 264 g/mol. The topological polar surface area (TPSA) is 62.7 Å².